The smallest absolute Gasteiger partial charge is 0.335 e. The minimum Gasteiger partial charge on any atom is -0.478 e. The van der Waals surface area contributed by atoms with Gasteiger partial charge in [0, 0.05) is 42.9 Å². The second-order valence-corrected chi connectivity index (χ2v) is 8.31. The molecule has 0 spiro atoms. The summed E-state index contributed by atoms with van der Waals surface area (Å²) in [6.07, 6.45) is 6.48. The zero-order chi connectivity index (χ0) is 28.4. The first-order chi connectivity index (χ1) is 18.7. The van der Waals surface area contributed by atoms with E-state index in [4.69, 9.17) is 22.6 Å². The molecular weight excluding hydrogens is 529 g/mol. The molecule has 0 unspecified atom stereocenters. The molecule has 0 radical (unpaired) electrons. The van der Waals surface area contributed by atoms with Crippen molar-refractivity contribution in [2.75, 3.05) is 10.3 Å². The summed E-state index contributed by atoms with van der Waals surface area (Å²) in [4.78, 5) is 41.0. The van der Waals surface area contributed by atoms with Gasteiger partial charge in [-0.15, -0.1) is 5.10 Å². The summed E-state index contributed by atoms with van der Waals surface area (Å²) >= 11 is 5.91. The second kappa shape index (κ2) is 13.6. The molecule has 2 amide bonds. The second-order valence-electron chi connectivity index (χ2n) is 7.91. The molecule has 200 valence electrons. The molecule has 2 aromatic carbocycles. The van der Waals surface area contributed by atoms with Crippen LogP contribution in [0, 0.1) is 5.82 Å². The zero-order valence-corrected chi connectivity index (χ0v) is 21.0. The Bertz CT molecular complexity index is 1420. The van der Waals surface area contributed by atoms with Crippen molar-refractivity contribution >= 4 is 59.9 Å². The minimum atomic E-state index is -1.11. The number of carboxylic acid groups (broad SMARTS) is 1. The third kappa shape index (κ3) is 8.02. The third-order valence-corrected chi connectivity index (χ3v) is 5.53. The summed E-state index contributed by atoms with van der Waals surface area (Å²) < 4.78 is 14.8. The first-order valence-corrected chi connectivity index (χ1v) is 11.6. The third-order valence-electron chi connectivity index (χ3n) is 5.24. The number of benzene rings is 2. The van der Waals surface area contributed by atoms with E-state index >= 15 is 0 Å². The van der Waals surface area contributed by atoms with Gasteiger partial charge in [0.25, 0.3) is 0 Å². The molecule has 11 nitrogen and oxygen atoms in total. The quantitative estimate of drug-likeness (QED) is 0.0934. The van der Waals surface area contributed by atoms with E-state index in [-0.39, 0.29) is 28.3 Å². The number of pyridine rings is 1. The van der Waals surface area contributed by atoms with Crippen LogP contribution >= 0.6 is 11.6 Å². The van der Waals surface area contributed by atoms with Gasteiger partial charge >= 0.3 is 5.97 Å². The number of nitrogens with zero attached hydrogens (tertiary/aromatic N) is 4. The molecule has 0 aliphatic rings. The highest BCUT2D eigenvalue weighted by molar-refractivity contribution is 6.31. The van der Waals surface area contributed by atoms with E-state index in [2.05, 4.69) is 32.5 Å². The van der Waals surface area contributed by atoms with Crippen LogP contribution in [0.1, 0.15) is 21.5 Å². The summed E-state index contributed by atoms with van der Waals surface area (Å²) in [5.41, 5.74) is 1.06. The Morgan fingerprint density at radius 1 is 1.21 bits per heavy atom. The van der Waals surface area contributed by atoms with E-state index in [1.807, 2.05) is 0 Å². The molecule has 1 aromatic heterocycles. The molecule has 1 atom stereocenters. The summed E-state index contributed by atoms with van der Waals surface area (Å²) in [5.74, 6) is 2.65. The van der Waals surface area contributed by atoms with Crippen molar-refractivity contribution in [3.8, 4) is 0 Å². The van der Waals surface area contributed by atoms with Crippen LogP contribution in [-0.4, -0.2) is 47.0 Å². The molecule has 0 aliphatic heterocycles. The first-order valence-electron chi connectivity index (χ1n) is 11.2. The highest BCUT2D eigenvalue weighted by Crippen LogP contribution is 2.28. The van der Waals surface area contributed by atoms with Crippen LogP contribution in [-0.2, 0) is 16.0 Å². The number of carbonyl (C=O) groups excluding carboxylic acids is 2. The topological polar surface area (TPSA) is 162 Å². The maximum Gasteiger partial charge on any atom is 0.335 e. The van der Waals surface area contributed by atoms with Crippen molar-refractivity contribution in [1.29, 1.82) is 0 Å². The number of nitrogens with one attached hydrogen (secondary N) is 2. The maximum absolute atomic E-state index is 14.8. The monoisotopic (exact) mass is 551 g/mol. The number of nitrogens with two attached hydrogens (primary N) is 1. The Hall–Kier alpha value is -4.94. The Balaban J connectivity index is 1.83. The van der Waals surface area contributed by atoms with Crippen LogP contribution in [0.3, 0.4) is 0 Å². The molecule has 0 saturated carbocycles. The number of halogens is 2. The molecular formula is C26H23ClFN7O4. The number of carbonyl (C=O) groups is 3. The number of carboxylic acids is 1. The Morgan fingerprint density at radius 3 is 2.59 bits per heavy atom. The number of aromatic nitrogens is 1. The van der Waals surface area contributed by atoms with Gasteiger partial charge in [-0.05, 0) is 54.1 Å². The van der Waals surface area contributed by atoms with E-state index in [9.17, 15) is 18.8 Å². The van der Waals surface area contributed by atoms with Crippen molar-refractivity contribution in [3.63, 3.8) is 0 Å². The molecule has 13 heteroatoms. The van der Waals surface area contributed by atoms with E-state index in [0.717, 1.165) is 23.5 Å². The molecule has 39 heavy (non-hydrogen) atoms. The highest BCUT2D eigenvalue weighted by Gasteiger charge is 2.21. The molecule has 3 rings (SSSR count). The van der Waals surface area contributed by atoms with Crippen molar-refractivity contribution in [2.24, 2.45) is 16.0 Å². The SMILES string of the molecule is C=N/N=C\N(N)c1ccc(Cl)c(F)c1/C=C/C(=O)N[C@@H](Cc1cccnc1)C(=O)Nc1ccc(C(=O)O)cc1. The molecule has 0 fully saturated rings. The summed E-state index contributed by atoms with van der Waals surface area (Å²) in [7, 11) is 0. The lowest BCUT2D eigenvalue weighted by Crippen LogP contribution is -2.44. The van der Waals surface area contributed by atoms with Gasteiger partial charge < -0.3 is 15.7 Å². The van der Waals surface area contributed by atoms with Crippen molar-refractivity contribution in [1.82, 2.24) is 10.3 Å². The van der Waals surface area contributed by atoms with Gasteiger partial charge in [-0.1, -0.05) is 17.7 Å². The van der Waals surface area contributed by atoms with Gasteiger partial charge in [0.05, 0.1) is 16.3 Å². The minimum absolute atomic E-state index is 0.0500. The number of amides is 2. The number of hydrogen-bond donors (Lipinski definition) is 4. The molecule has 1 heterocycles. The average molecular weight is 552 g/mol. The molecule has 0 aliphatic carbocycles. The standard InChI is InChI=1S/C26H23ClFN7O4/c1-30-32-15-35(29)22-10-9-20(27)24(28)19(22)8-11-23(36)34-21(13-16-3-2-12-31-14-16)25(37)33-18-6-4-17(5-7-18)26(38)39/h2-12,14-15,21H,1,13,29H2,(H,33,37)(H,34,36)(H,38,39)/b11-8+,32-15-/t21-/m0/s1. The van der Waals surface area contributed by atoms with Crippen molar-refractivity contribution in [3.05, 3.63) is 94.5 Å². The molecule has 0 bridgehead atoms. The molecule has 3 aromatic rings. The fraction of sp³-hybridized carbons (Fsp3) is 0.0769. The fourth-order valence-corrected chi connectivity index (χ4v) is 3.53. The van der Waals surface area contributed by atoms with E-state index in [0.29, 0.717) is 11.3 Å². The fourth-order valence-electron chi connectivity index (χ4n) is 3.36. The summed E-state index contributed by atoms with van der Waals surface area (Å²) in [6, 6.07) is 10.6. The van der Waals surface area contributed by atoms with Crippen molar-refractivity contribution < 1.29 is 23.9 Å². The Labute approximate surface area is 227 Å². The predicted molar refractivity (Wildman–Crippen MR) is 147 cm³/mol. The maximum atomic E-state index is 14.8. The predicted octanol–water partition coefficient (Wildman–Crippen LogP) is 3.28. The lowest BCUT2D eigenvalue weighted by Gasteiger charge is -2.18. The van der Waals surface area contributed by atoms with Crippen LogP contribution in [0.5, 0.6) is 0 Å². The van der Waals surface area contributed by atoms with E-state index < -0.39 is 29.6 Å². The average Bonchev–Trinajstić information content (AvgIpc) is 2.93. The van der Waals surface area contributed by atoms with Crippen LogP contribution in [0.15, 0.2) is 77.2 Å². The summed E-state index contributed by atoms with van der Waals surface area (Å²) in [5, 5.41) is 21.9. The summed E-state index contributed by atoms with van der Waals surface area (Å²) in [6.45, 7) is 3.20. The molecule has 5 N–H and O–H groups in total. The van der Waals surface area contributed by atoms with Gasteiger partial charge in [0.2, 0.25) is 11.8 Å². The Kier molecular flexibility index (Phi) is 9.95. The number of rotatable bonds is 11. The number of anilines is 2. The highest BCUT2D eigenvalue weighted by atomic mass is 35.5. The number of aromatic carboxylic acids is 1. The van der Waals surface area contributed by atoms with Gasteiger partial charge in [0.15, 0.2) is 5.82 Å². The van der Waals surface area contributed by atoms with Gasteiger partial charge in [-0.25, -0.2) is 15.0 Å². The van der Waals surface area contributed by atoms with Crippen molar-refractivity contribution in [2.45, 2.75) is 12.5 Å². The lowest BCUT2D eigenvalue weighted by molar-refractivity contribution is -0.123. The lowest BCUT2D eigenvalue weighted by atomic mass is 10.1. The van der Waals surface area contributed by atoms with Gasteiger partial charge in [-0.2, -0.15) is 5.10 Å². The van der Waals surface area contributed by atoms with E-state index in [1.54, 1.807) is 24.5 Å². The number of hydrazine groups is 1. The van der Waals surface area contributed by atoms with Gasteiger partial charge in [0.1, 0.15) is 12.4 Å². The van der Waals surface area contributed by atoms with Gasteiger partial charge in [-0.3, -0.25) is 19.6 Å². The normalized spacial score (nSPS) is 11.8. The van der Waals surface area contributed by atoms with E-state index in [1.165, 1.54) is 36.4 Å². The number of hydrogen-bond acceptors (Lipinski definition) is 7. The van der Waals surface area contributed by atoms with Crippen LogP contribution in [0.2, 0.25) is 5.02 Å². The molecule has 0 saturated heterocycles. The zero-order valence-electron chi connectivity index (χ0n) is 20.3. The Morgan fingerprint density at radius 2 is 1.95 bits per heavy atom. The van der Waals surface area contributed by atoms with Crippen LogP contribution < -0.4 is 21.5 Å². The van der Waals surface area contributed by atoms with Crippen LogP contribution in [0.4, 0.5) is 15.8 Å². The van der Waals surface area contributed by atoms with Crippen LogP contribution in [0.25, 0.3) is 6.08 Å². The largest absolute Gasteiger partial charge is 0.478 e. The first kappa shape index (κ1) is 28.6.